The van der Waals surface area contributed by atoms with E-state index in [0.29, 0.717) is 28.5 Å². The van der Waals surface area contributed by atoms with Gasteiger partial charge < -0.3 is 14.2 Å². The Labute approximate surface area is 352 Å². The molecule has 2 aliphatic carbocycles. The van der Waals surface area contributed by atoms with E-state index in [1.54, 1.807) is 11.3 Å². The molecule has 8 nitrogen and oxygen atoms in total. The van der Waals surface area contributed by atoms with Crippen molar-refractivity contribution in [3.63, 3.8) is 0 Å². The van der Waals surface area contributed by atoms with Crippen molar-refractivity contribution >= 4 is 92.7 Å². The summed E-state index contributed by atoms with van der Waals surface area (Å²) in [6, 6.07) is 35.7. The van der Waals surface area contributed by atoms with Crippen LogP contribution >= 0.6 is 11.3 Å². The second-order valence-corrected chi connectivity index (χ2v) is 24.4. The zero-order chi connectivity index (χ0) is 41.0. The molecule has 0 spiro atoms. The Bertz CT molecular complexity index is 3040. The lowest BCUT2D eigenvalue weighted by Gasteiger charge is -2.34. The van der Waals surface area contributed by atoms with E-state index >= 15 is 0 Å². The van der Waals surface area contributed by atoms with Crippen LogP contribution < -0.4 is 15.6 Å². The van der Waals surface area contributed by atoms with E-state index < -0.39 is 26.3 Å². The van der Waals surface area contributed by atoms with E-state index in [1.165, 1.54) is 4.70 Å². The summed E-state index contributed by atoms with van der Waals surface area (Å²) in [7, 11) is -4.70. The molecule has 2 heterocycles. The van der Waals surface area contributed by atoms with Gasteiger partial charge in [-0.2, -0.15) is 0 Å². The van der Waals surface area contributed by atoms with Gasteiger partial charge in [-0.15, -0.1) is 11.3 Å². The highest BCUT2D eigenvalue weighted by Crippen LogP contribution is 2.35. The fourth-order valence-electron chi connectivity index (χ4n) is 7.70. The third-order valence-electron chi connectivity index (χ3n) is 10.3. The van der Waals surface area contributed by atoms with Crippen molar-refractivity contribution in [2.45, 2.75) is 39.3 Å². The molecule has 0 unspecified atom stereocenters. The maximum atomic E-state index is 9.80. The molecule has 0 atom stereocenters. The lowest BCUT2D eigenvalue weighted by atomic mass is 9.90. The minimum Gasteiger partial charge on any atom is -0.321 e. The molecule has 0 saturated heterocycles. The minimum atomic E-state index is -2.45. The molecular formula is C47H42N8SSi3. The van der Waals surface area contributed by atoms with Crippen molar-refractivity contribution in [2.75, 3.05) is 4.90 Å². The zero-order valence-electron chi connectivity index (χ0n) is 33.8. The average molecular weight is 835 g/mol. The van der Waals surface area contributed by atoms with Crippen molar-refractivity contribution in [1.29, 1.82) is 10.8 Å². The topological polar surface area (TPSA) is 113 Å². The molecule has 1 aliphatic heterocycles. The van der Waals surface area contributed by atoms with Crippen LogP contribution in [0.5, 0.6) is 0 Å². The van der Waals surface area contributed by atoms with Gasteiger partial charge in [0.25, 0.3) is 8.40 Å². The lowest BCUT2D eigenvalue weighted by molar-refractivity contribution is 1.14. The van der Waals surface area contributed by atoms with Crippen LogP contribution in [0.1, 0.15) is 5.56 Å². The van der Waals surface area contributed by atoms with Crippen molar-refractivity contribution in [1.82, 2.24) is 4.98 Å². The van der Waals surface area contributed by atoms with E-state index in [4.69, 9.17) is 23.6 Å². The highest BCUT2D eigenvalue weighted by Gasteiger charge is 2.34. The molecule has 2 N–H and O–H groups in total. The Morgan fingerprint density at radius 2 is 1.36 bits per heavy atom. The third-order valence-corrected chi connectivity index (χ3v) is 14.3. The summed E-state index contributed by atoms with van der Waals surface area (Å²) >= 11 is 1.70. The predicted octanol–water partition coefficient (Wildman–Crippen LogP) is 10.4. The number of hydrogen-bond acceptors (Lipinski definition) is 9. The monoisotopic (exact) mass is 834 g/mol. The molecule has 1 aromatic heterocycles. The molecule has 59 heavy (non-hydrogen) atoms. The number of aromatic nitrogens is 1. The second kappa shape index (κ2) is 15.3. The molecule has 0 bridgehead atoms. The Morgan fingerprint density at radius 3 is 2.12 bits per heavy atom. The number of fused-ring (bicyclic) bond motifs is 3. The summed E-state index contributed by atoms with van der Waals surface area (Å²) in [4.78, 5) is 6.99. The average Bonchev–Trinajstić information content (AvgIpc) is 3.80. The first-order chi connectivity index (χ1) is 28.4. The molecular weight excluding hydrogens is 793 g/mol. The molecule has 0 fully saturated rings. The molecule has 6 aromatic rings. The summed E-state index contributed by atoms with van der Waals surface area (Å²) in [5.41, 5.74) is 10.0. The Kier molecular flexibility index (Phi) is 9.96. The first kappa shape index (κ1) is 38.5. The van der Waals surface area contributed by atoms with E-state index in [2.05, 4.69) is 135 Å². The van der Waals surface area contributed by atoms with Gasteiger partial charge in [0.1, 0.15) is 10.7 Å². The first-order valence-electron chi connectivity index (χ1n) is 19.6. The van der Waals surface area contributed by atoms with Gasteiger partial charge in [-0.1, -0.05) is 111 Å². The van der Waals surface area contributed by atoms with Crippen LogP contribution in [-0.2, 0) is 0 Å². The predicted molar refractivity (Wildman–Crippen MR) is 255 cm³/mol. The van der Waals surface area contributed by atoms with Crippen molar-refractivity contribution < 1.29 is 0 Å². The number of nitrogens with zero attached hydrogens (tertiary/aromatic N) is 6. The maximum Gasteiger partial charge on any atom is 0.298 e. The SMILES string of the molecule is C[Si](C)/N=C1/C=CC=C(N(C2=CC=C(c3ccc4ccccc4c3)C(=N)/C2=N\[Si](C)C)c2ccc(-c3ccc(-c4nc5ccccc5s4)cc3)c3c2=N[Si](C)(C)N=3)C1=N. The van der Waals surface area contributed by atoms with Crippen molar-refractivity contribution in [3.8, 4) is 21.7 Å². The molecule has 3 aliphatic rings. The number of rotatable bonds is 8. The molecule has 0 saturated carbocycles. The number of para-hydroxylation sites is 1. The third kappa shape index (κ3) is 7.33. The number of allylic oxidation sites excluding steroid dienone is 8. The number of hydrogen-bond donors (Lipinski definition) is 2. The zero-order valence-corrected chi connectivity index (χ0v) is 37.6. The fraction of sp³-hybridized carbons (Fsp3) is 0.128. The quantitative estimate of drug-likeness (QED) is 0.117. The van der Waals surface area contributed by atoms with Crippen LogP contribution in [0.25, 0.3) is 48.3 Å². The highest BCUT2D eigenvalue weighted by atomic mass is 32.1. The first-order valence-corrected chi connectivity index (χ1v) is 28.2. The van der Waals surface area contributed by atoms with E-state index in [9.17, 15) is 10.8 Å². The van der Waals surface area contributed by atoms with Crippen LogP contribution in [0.15, 0.2) is 164 Å². The number of thiazole rings is 1. The van der Waals surface area contributed by atoms with E-state index in [-0.39, 0.29) is 0 Å². The van der Waals surface area contributed by atoms with Gasteiger partial charge in [0.05, 0.1) is 55.1 Å². The molecule has 0 amide bonds. The van der Waals surface area contributed by atoms with E-state index in [1.807, 2.05) is 42.5 Å². The van der Waals surface area contributed by atoms with Gasteiger partial charge in [0.2, 0.25) is 0 Å². The normalized spacial score (nSPS) is 17.4. The van der Waals surface area contributed by atoms with Gasteiger partial charge in [0.15, 0.2) is 17.9 Å². The lowest BCUT2D eigenvalue weighted by Crippen LogP contribution is -2.42. The largest absolute Gasteiger partial charge is 0.321 e. The Balaban J connectivity index is 1.22. The molecule has 2 radical (unpaired) electrons. The standard InChI is InChI=1S/C47H42N8SSi3/c1-57(2)51-37-15-11-16-38(43(37)49)55(39-26-24-34(42(48)45(39)52-58(3)4)33-23-18-29-12-7-8-13-32(29)28-33)40-27-25-35(44-46(40)54-59(5,6)53-44)30-19-21-31(22-20-30)47-50-36-14-9-10-17-41(36)56-47/h7-28,48-49H,1-6H3/b48-42?,49-43?,51-37-,52-45-. The molecule has 9 rings (SSSR count). The van der Waals surface area contributed by atoms with Gasteiger partial charge >= 0.3 is 0 Å². The number of nitrogens with one attached hydrogen (secondary N) is 2. The fourth-order valence-corrected chi connectivity index (χ4v) is 11.6. The maximum absolute atomic E-state index is 9.80. The minimum absolute atomic E-state index is 0.322. The van der Waals surface area contributed by atoms with Gasteiger partial charge in [-0.25, -0.2) is 4.98 Å². The van der Waals surface area contributed by atoms with Crippen LogP contribution in [0, 0.1) is 10.8 Å². The second-order valence-electron chi connectivity index (χ2n) is 15.7. The van der Waals surface area contributed by atoms with Crippen LogP contribution in [0.3, 0.4) is 0 Å². The van der Waals surface area contributed by atoms with Crippen molar-refractivity contribution in [2.24, 2.45) is 18.6 Å². The molecule has 288 valence electrons. The summed E-state index contributed by atoms with van der Waals surface area (Å²) in [5.74, 6) is 0. The van der Waals surface area contributed by atoms with Crippen LogP contribution in [-0.4, -0.2) is 54.1 Å². The summed E-state index contributed by atoms with van der Waals surface area (Å²) < 4.78 is 22.1. The van der Waals surface area contributed by atoms with Crippen LogP contribution in [0.2, 0.25) is 39.3 Å². The molecule has 12 heteroatoms. The number of anilines is 1. The summed E-state index contributed by atoms with van der Waals surface area (Å²) in [6.45, 7) is 12.8. The highest BCUT2D eigenvalue weighted by molar-refractivity contribution is 7.21. The van der Waals surface area contributed by atoms with Gasteiger partial charge in [0, 0.05) is 16.7 Å². The smallest absolute Gasteiger partial charge is 0.298 e. The molecule has 5 aromatic carbocycles. The summed E-state index contributed by atoms with van der Waals surface area (Å²) in [5, 5.41) is 24.3. The van der Waals surface area contributed by atoms with Gasteiger partial charge in [-0.3, -0.25) is 20.1 Å². The van der Waals surface area contributed by atoms with Crippen molar-refractivity contribution in [3.05, 3.63) is 161 Å². The Morgan fingerprint density at radius 1 is 0.661 bits per heavy atom. The van der Waals surface area contributed by atoms with E-state index in [0.717, 1.165) is 71.2 Å². The van der Waals surface area contributed by atoms with Gasteiger partial charge in [-0.05, 0) is 83.6 Å². The number of benzene rings is 5. The Hall–Kier alpha value is -6.06. The van der Waals surface area contributed by atoms with Crippen LogP contribution in [0.4, 0.5) is 5.69 Å². The summed E-state index contributed by atoms with van der Waals surface area (Å²) in [6.07, 6.45) is 9.97.